The molecule has 0 aliphatic heterocycles. The van der Waals surface area contributed by atoms with Gasteiger partial charge >= 0.3 is 0 Å². The highest BCUT2D eigenvalue weighted by Gasteiger charge is 2.24. The smallest absolute Gasteiger partial charge is 0.250 e. The molecule has 3 N–H and O–H groups in total. The Labute approximate surface area is 100 Å². The first-order valence-corrected chi connectivity index (χ1v) is 6.02. The van der Waals surface area contributed by atoms with Gasteiger partial charge in [0.2, 0.25) is 0 Å². The van der Waals surface area contributed by atoms with E-state index in [4.69, 9.17) is 5.73 Å². The van der Waals surface area contributed by atoms with Crippen molar-refractivity contribution in [2.75, 3.05) is 13.1 Å². The lowest BCUT2D eigenvalue weighted by molar-refractivity contribution is 0.141. The van der Waals surface area contributed by atoms with Crippen molar-refractivity contribution in [3.8, 4) is 0 Å². The normalized spacial score (nSPS) is 17.4. The zero-order valence-electron chi connectivity index (χ0n) is 9.70. The molecule has 0 bridgehead atoms. The van der Waals surface area contributed by atoms with E-state index in [9.17, 15) is 8.78 Å². The molecule has 0 heterocycles. The summed E-state index contributed by atoms with van der Waals surface area (Å²) in [5, 5.41) is 2.80. The fourth-order valence-corrected chi connectivity index (χ4v) is 2.01. The average Bonchev–Trinajstić information content (AvgIpc) is 3.14. The summed E-state index contributed by atoms with van der Waals surface area (Å²) < 4.78 is 24.3. The topological polar surface area (TPSA) is 38.0 Å². The van der Waals surface area contributed by atoms with Crippen LogP contribution in [0.5, 0.6) is 0 Å². The molecule has 1 aromatic carbocycles. The molecule has 4 heteroatoms. The summed E-state index contributed by atoms with van der Waals surface area (Å²) in [4.78, 5) is 0. The second kappa shape index (κ2) is 5.56. The number of hydrogen-bond acceptors (Lipinski definition) is 2. The van der Waals surface area contributed by atoms with E-state index in [0.29, 0.717) is 12.5 Å². The van der Waals surface area contributed by atoms with Crippen LogP contribution in [0.15, 0.2) is 24.3 Å². The third-order valence-corrected chi connectivity index (χ3v) is 3.12. The molecule has 17 heavy (non-hydrogen) atoms. The number of alkyl halides is 2. The molecule has 0 radical (unpaired) electrons. The van der Waals surface area contributed by atoms with Crippen LogP contribution in [0.25, 0.3) is 0 Å². The summed E-state index contributed by atoms with van der Waals surface area (Å²) in [7, 11) is 0. The van der Waals surface area contributed by atoms with Crippen LogP contribution < -0.4 is 11.1 Å². The molecule has 0 amide bonds. The number of hydrogen-bond donors (Lipinski definition) is 2. The highest BCUT2D eigenvalue weighted by atomic mass is 19.3. The van der Waals surface area contributed by atoms with E-state index in [1.54, 1.807) is 0 Å². The van der Waals surface area contributed by atoms with Crippen LogP contribution in [-0.4, -0.2) is 19.5 Å². The molecule has 1 atom stereocenters. The minimum absolute atomic E-state index is 0.178. The van der Waals surface area contributed by atoms with E-state index in [0.717, 1.165) is 5.56 Å². The lowest BCUT2D eigenvalue weighted by atomic mass is 10.0. The van der Waals surface area contributed by atoms with Gasteiger partial charge < -0.3 is 11.1 Å². The van der Waals surface area contributed by atoms with Crippen LogP contribution in [0.4, 0.5) is 8.78 Å². The summed E-state index contributed by atoms with van der Waals surface area (Å²) in [5.41, 5.74) is 7.94. The van der Waals surface area contributed by atoms with E-state index in [1.165, 1.54) is 18.4 Å². The Morgan fingerprint density at radius 1 is 1.35 bits per heavy atom. The Bertz CT molecular complexity index is 364. The minimum atomic E-state index is -2.34. The molecule has 1 unspecified atom stereocenters. The zero-order valence-corrected chi connectivity index (χ0v) is 9.70. The number of halogens is 2. The van der Waals surface area contributed by atoms with Crippen molar-refractivity contribution >= 4 is 0 Å². The molecule has 0 saturated heterocycles. The lowest BCUT2D eigenvalue weighted by Gasteiger charge is -2.17. The molecule has 1 aromatic rings. The zero-order chi connectivity index (χ0) is 12.3. The largest absolute Gasteiger partial charge is 0.329 e. The van der Waals surface area contributed by atoms with Gasteiger partial charge in [-0.1, -0.05) is 24.3 Å². The van der Waals surface area contributed by atoms with Gasteiger partial charge in [0, 0.05) is 12.6 Å². The Morgan fingerprint density at radius 2 is 2.12 bits per heavy atom. The molecule has 2 rings (SSSR count). The van der Waals surface area contributed by atoms with Crippen LogP contribution in [-0.2, 0) is 0 Å². The fraction of sp³-hybridized carbons (Fsp3) is 0.538. The maximum Gasteiger partial charge on any atom is 0.250 e. The monoisotopic (exact) mass is 240 g/mol. The van der Waals surface area contributed by atoms with Crippen molar-refractivity contribution in [3.63, 3.8) is 0 Å². The third-order valence-electron chi connectivity index (χ3n) is 3.12. The van der Waals surface area contributed by atoms with Crippen LogP contribution in [0.3, 0.4) is 0 Å². The van der Waals surface area contributed by atoms with Crippen LogP contribution in [0, 0.1) is 0 Å². The number of rotatable bonds is 6. The second-order valence-electron chi connectivity index (χ2n) is 4.53. The van der Waals surface area contributed by atoms with Crippen molar-refractivity contribution in [1.82, 2.24) is 5.32 Å². The molecule has 0 spiro atoms. The van der Waals surface area contributed by atoms with Crippen LogP contribution in [0.2, 0.25) is 0 Å². The van der Waals surface area contributed by atoms with Gasteiger partial charge in [0.1, 0.15) is 0 Å². The predicted octanol–water partition coefficient (Wildman–Crippen LogP) is 2.42. The van der Waals surface area contributed by atoms with E-state index in [-0.39, 0.29) is 12.6 Å². The maximum atomic E-state index is 12.2. The lowest BCUT2D eigenvalue weighted by Crippen LogP contribution is -2.31. The van der Waals surface area contributed by atoms with Crippen molar-refractivity contribution in [2.24, 2.45) is 5.73 Å². The minimum Gasteiger partial charge on any atom is -0.329 e. The summed E-state index contributed by atoms with van der Waals surface area (Å²) in [5.74, 6) is 0.670. The van der Waals surface area contributed by atoms with Gasteiger partial charge in [-0.25, -0.2) is 8.78 Å². The second-order valence-corrected chi connectivity index (χ2v) is 4.53. The van der Waals surface area contributed by atoms with E-state index in [2.05, 4.69) is 17.4 Å². The predicted molar refractivity (Wildman–Crippen MR) is 64.2 cm³/mol. The Morgan fingerprint density at radius 3 is 2.71 bits per heavy atom. The van der Waals surface area contributed by atoms with Crippen LogP contribution >= 0.6 is 0 Å². The van der Waals surface area contributed by atoms with Gasteiger partial charge in [-0.3, -0.25) is 0 Å². The Kier molecular flexibility index (Phi) is 4.07. The fourth-order valence-electron chi connectivity index (χ4n) is 2.01. The summed E-state index contributed by atoms with van der Waals surface area (Å²) in [6, 6.07) is 7.94. The summed E-state index contributed by atoms with van der Waals surface area (Å²) in [6.07, 6.45) is 0.137. The Balaban J connectivity index is 2.04. The highest BCUT2D eigenvalue weighted by molar-refractivity contribution is 5.31. The summed E-state index contributed by atoms with van der Waals surface area (Å²) >= 11 is 0. The van der Waals surface area contributed by atoms with Crippen molar-refractivity contribution in [3.05, 3.63) is 35.4 Å². The highest BCUT2D eigenvalue weighted by Crippen LogP contribution is 2.40. The SMILES string of the molecule is NCC(NCC(F)F)c1cccc(C2CC2)c1. The van der Waals surface area contributed by atoms with E-state index < -0.39 is 6.43 Å². The van der Waals surface area contributed by atoms with E-state index >= 15 is 0 Å². The molecule has 1 aliphatic rings. The molecule has 1 fully saturated rings. The number of nitrogens with two attached hydrogens (primary N) is 1. The van der Waals surface area contributed by atoms with Gasteiger partial charge in [0.05, 0.1) is 6.54 Å². The average molecular weight is 240 g/mol. The first-order chi connectivity index (χ1) is 8.20. The van der Waals surface area contributed by atoms with Gasteiger partial charge in [-0.2, -0.15) is 0 Å². The number of nitrogens with one attached hydrogen (secondary N) is 1. The first kappa shape index (κ1) is 12.5. The molecule has 1 saturated carbocycles. The molecule has 94 valence electrons. The molecule has 1 aliphatic carbocycles. The van der Waals surface area contributed by atoms with Gasteiger partial charge in [0.25, 0.3) is 6.43 Å². The van der Waals surface area contributed by atoms with Crippen molar-refractivity contribution in [2.45, 2.75) is 31.2 Å². The first-order valence-electron chi connectivity index (χ1n) is 6.02. The molecular formula is C13H18F2N2. The quantitative estimate of drug-likeness (QED) is 0.801. The van der Waals surface area contributed by atoms with E-state index in [1.807, 2.05) is 12.1 Å². The molecule has 2 nitrogen and oxygen atoms in total. The molecule has 0 aromatic heterocycles. The number of benzene rings is 1. The van der Waals surface area contributed by atoms with Gasteiger partial charge in [-0.15, -0.1) is 0 Å². The Hall–Kier alpha value is -1.00. The van der Waals surface area contributed by atoms with Crippen molar-refractivity contribution < 1.29 is 8.78 Å². The van der Waals surface area contributed by atoms with Crippen LogP contribution in [0.1, 0.15) is 35.9 Å². The van der Waals surface area contributed by atoms with Crippen molar-refractivity contribution in [1.29, 1.82) is 0 Å². The molecular weight excluding hydrogens is 222 g/mol. The standard InChI is InChI=1S/C13H18F2N2/c14-13(15)8-17-12(7-16)11-3-1-2-10(6-11)9-4-5-9/h1-3,6,9,12-13,17H,4-5,7-8,16H2. The van der Waals surface area contributed by atoms with Gasteiger partial charge in [0.15, 0.2) is 0 Å². The van der Waals surface area contributed by atoms with Gasteiger partial charge in [-0.05, 0) is 29.9 Å². The third kappa shape index (κ3) is 3.48. The maximum absolute atomic E-state index is 12.2. The summed E-state index contributed by atoms with van der Waals surface area (Å²) in [6.45, 7) is 0.0242.